The fraction of sp³-hybridized carbons (Fsp3) is 0.500. The molecule has 0 spiro atoms. The summed E-state index contributed by atoms with van der Waals surface area (Å²) in [6.45, 7) is 2.02. The Bertz CT molecular complexity index is 306. The second-order valence-electron chi connectivity index (χ2n) is 2.69. The number of methoxy groups -OCH3 is 1. The lowest BCUT2D eigenvalue weighted by molar-refractivity contribution is 0.0596. The predicted octanol–water partition coefficient (Wildman–Crippen LogP) is 0.731. The number of nitrogens with two attached hydrogens (primary N) is 1. The monoisotopic (exact) mass is 183 g/mol. The first-order chi connectivity index (χ1) is 6.19. The lowest BCUT2D eigenvalue weighted by Gasteiger charge is -1.94. The molecule has 0 amide bonds. The van der Waals surface area contributed by atoms with E-state index in [1.54, 1.807) is 0 Å². The molecular weight excluding hydrogens is 170 g/mol. The van der Waals surface area contributed by atoms with E-state index in [1.807, 2.05) is 6.92 Å². The number of aromatic amines is 1. The number of nitrogen functional groups attached to an aromatic ring is 1. The number of carbonyl (C=O) groups is 1. The van der Waals surface area contributed by atoms with Crippen LogP contribution in [0.15, 0.2) is 0 Å². The van der Waals surface area contributed by atoms with Crippen LogP contribution in [-0.2, 0) is 11.2 Å². The molecule has 0 aliphatic heterocycles. The molecule has 0 fully saturated rings. The Balaban J connectivity index is 2.89. The van der Waals surface area contributed by atoms with Crippen LogP contribution in [0.25, 0.3) is 0 Å². The summed E-state index contributed by atoms with van der Waals surface area (Å²) < 4.78 is 4.52. The number of nitrogens with zero attached hydrogens (tertiary/aromatic N) is 1. The van der Waals surface area contributed by atoms with E-state index in [2.05, 4.69) is 14.7 Å². The Labute approximate surface area is 76.3 Å². The molecule has 0 aliphatic rings. The summed E-state index contributed by atoms with van der Waals surface area (Å²) in [5.74, 6) is 0.447. The van der Waals surface area contributed by atoms with Crippen LogP contribution < -0.4 is 5.73 Å². The first-order valence-corrected chi connectivity index (χ1v) is 4.11. The number of aryl methyl sites for hydroxylation is 1. The molecule has 0 aliphatic carbocycles. The van der Waals surface area contributed by atoms with E-state index in [9.17, 15) is 4.79 Å². The fourth-order valence-electron chi connectivity index (χ4n) is 1.05. The summed E-state index contributed by atoms with van der Waals surface area (Å²) in [4.78, 5) is 17.9. The van der Waals surface area contributed by atoms with Gasteiger partial charge in [0.25, 0.3) is 0 Å². The number of H-pyrrole nitrogens is 1. The van der Waals surface area contributed by atoms with Crippen molar-refractivity contribution in [2.75, 3.05) is 12.8 Å². The number of anilines is 1. The topological polar surface area (TPSA) is 81.0 Å². The highest BCUT2D eigenvalue weighted by molar-refractivity contribution is 5.92. The highest BCUT2D eigenvalue weighted by Crippen LogP contribution is 2.10. The second-order valence-corrected chi connectivity index (χ2v) is 2.69. The number of hydrogen-bond donors (Lipinski definition) is 2. The van der Waals surface area contributed by atoms with Gasteiger partial charge in [0.2, 0.25) is 0 Å². The van der Waals surface area contributed by atoms with Gasteiger partial charge in [-0.2, -0.15) is 0 Å². The van der Waals surface area contributed by atoms with Crippen LogP contribution in [0, 0.1) is 0 Å². The van der Waals surface area contributed by atoms with E-state index in [-0.39, 0.29) is 11.5 Å². The molecule has 0 unspecified atom stereocenters. The molecule has 0 radical (unpaired) electrons. The van der Waals surface area contributed by atoms with Gasteiger partial charge in [-0.05, 0) is 6.42 Å². The minimum atomic E-state index is -0.479. The highest BCUT2D eigenvalue weighted by Gasteiger charge is 2.14. The molecular formula is C8H13N3O2. The van der Waals surface area contributed by atoms with E-state index in [4.69, 9.17) is 5.73 Å². The van der Waals surface area contributed by atoms with Gasteiger partial charge in [0.1, 0.15) is 5.82 Å². The van der Waals surface area contributed by atoms with Gasteiger partial charge < -0.3 is 15.5 Å². The quantitative estimate of drug-likeness (QED) is 0.677. The number of ether oxygens (including phenoxy) is 1. The fourth-order valence-corrected chi connectivity index (χ4v) is 1.05. The summed E-state index contributed by atoms with van der Waals surface area (Å²) in [6.07, 6.45) is 1.73. The summed E-state index contributed by atoms with van der Waals surface area (Å²) in [7, 11) is 1.31. The van der Waals surface area contributed by atoms with Crippen molar-refractivity contribution in [1.82, 2.24) is 9.97 Å². The Morgan fingerprint density at radius 1 is 1.69 bits per heavy atom. The smallest absolute Gasteiger partial charge is 0.358 e. The van der Waals surface area contributed by atoms with Gasteiger partial charge in [-0.25, -0.2) is 9.78 Å². The maximum absolute atomic E-state index is 11.1. The van der Waals surface area contributed by atoms with Gasteiger partial charge >= 0.3 is 5.97 Å². The minimum absolute atomic E-state index is 0.204. The molecule has 0 aromatic carbocycles. The van der Waals surface area contributed by atoms with Crippen molar-refractivity contribution < 1.29 is 9.53 Å². The molecule has 0 saturated heterocycles. The normalized spacial score (nSPS) is 10.0. The average Bonchev–Trinajstić information content (AvgIpc) is 2.46. The van der Waals surface area contributed by atoms with E-state index in [1.165, 1.54) is 7.11 Å². The number of rotatable bonds is 3. The van der Waals surface area contributed by atoms with E-state index >= 15 is 0 Å². The Morgan fingerprint density at radius 2 is 2.38 bits per heavy atom. The maximum atomic E-state index is 11.1. The third kappa shape index (κ3) is 1.99. The van der Waals surface area contributed by atoms with Crippen molar-refractivity contribution in [3.8, 4) is 0 Å². The minimum Gasteiger partial charge on any atom is -0.464 e. The zero-order valence-electron chi connectivity index (χ0n) is 7.76. The van der Waals surface area contributed by atoms with Crippen molar-refractivity contribution in [2.45, 2.75) is 19.8 Å². The lowest BCUT2D eigenvalue weighted by Crippen LogP contribution is -2.05. The van der Waals surface area contributed by atoms with Crippen molar-refractivity contribution in [2.24, 2.45) is 0 Å². The molecule has 3 N–H and O–H groups in total. The third-order valence-corrected chi connectivity index (χ3v) is 1.66. The van der Waals surface area contributed by atoms with Crippen molar-refractivity contribution >= 4 is 11.8 Å². The Morgan fingerprint density at radius 3 is 2.92 bits per heavy atom. The number of aromatic nitrogens is 2. The van der Waals surface area contributed by atoms with Crippen LogP contribution in [0.2, 0.25) is 0 Å². The summed E-state index contributed by atoms with van der Waals surface area (Å²) in [5.41, 5.74) is 5.75. The number of hydrogen-bond acceptors (Lipinski definition) is 4. The van der Waals surface area contributed by atoms with Crippen molar-refractivity contribution in [3.05, 3.63) is 11.5 Å². The van der Waals surface area contributed by atoms with Crippen LogP contribution >= 0.6 is 0 Å². The Hall–Kier alpha value is -1.52. The van der Waals surface area contributed by atoms with E-state index in [0.717, 1.165) is 18.7 Å². The predicted molar refractivity (Wildman–Crippen MR) is 48.3 cm³/mol. The molecule has 13 heavy (non-hydrogen) atoms. The number of nitrogens with one attached hydrogen (secondary N) is 1. The highest BCUT2D eigenvalue weighted by atomic mass is 16.5. The Kier molecular flexibility index (Phi) is 2.89. The van der Waals surface area contributed by atoms with E-state index < -0.39 is 5.97 Å². The molecule has 5 heteroatoms. The van der Waals surface area contributed by atoms with Crippen molar-refractivity contribution in [1.29, 1.82) is 0 Å². The van der Waals surface area contributed by atoms with Gasteiger partial charge in [-0.1, -0.05) is 6.92 Å². The van der Waals surface area contributed by atoms with Crippen LogP contribution in [0.4, 0.5) is 5.82 Å². The molecule has 0 bridgehead atoms. The number of carbonyl (C=O) groups excluding carboxylic acids is 1. The van der Waals surface area contributed by atoms with Gasteiger partial charge in [0.05, 0.1) is 7.11 Å². The molecule has 0 atom stereocenters. The molecule has 1 aromatic rings. The molecule has 1 heterocycles. The molecule has 1 aromatic heterocycles. The van der Waals surface area contributed by atoms with Gasteiger partial charge in [-0.3, -0.25) is 0 Å². The standard InChI is InChI=1S/C8H13N3O2/c1-3-4-5-10-6(7(9)11-5)8(12)13-2/h3-4,9H2,1-2H3,(H,10,11). The first-order valence-electron chi connectivity index (χ1n) is 4.11. The summed E-state index contributed by atoms with van der Waals surface area (Å²) >= 11 is 0. The van der Waals surface area contributed by atoms with Crippen LogP contribution in [0.3, 0.4) is 0 Å². The third-order valence-electron chi connectivity index (χ3n) is 1.66. The first kappa shape index (κ1) is 9.57. The maximum Gasteiger partial charge on any atom is 0.358 e. The SMILES string of the molecule is CCCc1nc(N)c(C(=O)OC)[nH]1. The summed E-state index contributed by atoms with van der Waals surface area (Å²) in [6, 6.07) is 0. The van der Waals surface area contributed by atoms with Gasteiger partial charge in [-0.15, -0.1) is 0 Å². The number of esters is 1. The van der Waals surface area contributed by atoms with Gasteiger partial charge in [0.15, 0.2) is 11.5 Å². The average molecular weight is 183 g/mol. The van der Waals surface area contributed by atoms with Crippen LogP contribution in [0.1, 0.15) is 29.7 Å². The second kappa shape index (κ2) is 3.93. The van der Waals surface area contributed by atoms with Crippen LogP contribution in [-0.4, -0.2) is 23.0 Å². The van der Waals surface area contributed by atoms with Crippen LogP contribution in [0.5, 0.6) is 0 Å². The van der Waals surface area contributed by atoms with Crippen molar-refractivity contribution in [3.63, 3.8) is 0 Å². The lowest BCUT2D eigenvalue weighted by atomic mass is 10.3. The van der Waals surface area contributed by atoms with E-state index in [0.29, 0.717) is 0 Å². The molecule has 0 saturated carbocycles. The largest absolute Gasteiger partial charge is 0.464 e. The summed E-state index contributed by atoms with van der Waals surface area (Å²) in [5, 5.41) is 0. The number of imidazole rings is 1. The molecule has 5 nitrogen and oxygen atoms in total. The zero-order chi connectivity index (χ0) is 9.84. The molecule has 1 rings (SSSR count). The zero-order valence-corrected chi connectivity index (χ0v) is 7.76. The molecule has 72 valence electrons. The van der Waals surface area contributed by atoms with Gasteiger partial charge in [0, 0.05) is 6.42 Å².